The first-order valence-corrected chi connectivity index (χ1v) is 9.79. The molecule has 2 rings (SSSR count). The molecule has 1 aromatic rings. The summed E-state index contributed by atoms with van der Waals surface area (Å²) in [5, 5.41) is 7.60. The van der Waals surface area contributed by atoms with E-state index in [4.69, 9.17) is 4.74 Å². The van der Waals surface area contributed by atoms with E-state index in [-0.39, 0.29) is 11.8 Å². The second-order valence-corrected chi connectivity index (χ2v) is 7.80. The molecule has 0 aliphatic carbocycles. The molecule has 1 saturated heterocycles. The number of morpholine rings is 1. The highest BCUT2D eigenvalue weighted by Crippen LogP contribution is 2.13. The van der Waals surface area contributed by atoms with E-state index in [9.17, 15) is 9.59 Å². The molecule has 25 heavy (non-hydrogen) atoms. The topological polar surface area (TPSA) is 70.7 Å². The first-order valence-electron chi connectivity index (χ1n) is 8.91. The Morgan fingerprint density at radius 2 is 2.00 bits per heavy atom. The number of thiophene rings is 1. The predicted molar refractivity (Wildman–Crippen MR) is 99.9 cm³/mol. The summed E-state index contributed by atoms with van der Waals surface area (Å²) in [5.41, 5.74) is 0. The minimum Gasteiger partial charge on any atom is -0.379 e. The first kappa shape index (κ1) is 19.9. The molecule has 0 spiro atoms. The standard InChI is InChI=1S/C18H29N3O3S/c1-13(2)11-15(21-6-8-24-9-7-21)12-19-17(22)14(3)20-18(23)16-5-4-10-25-16/h4-5,10,13-15H,6-9,11-12H2,1-3H3,(H,19,22)(H,20,23). The molecule has 1 aliphatic heterocycles. The van der Waals surface area contributed by atoms with E-state index >= 15 is 0 Å². The second-order valence-electron chi connectivity index (χ2n) is 6.85. The van der Waals surface area contributed by atoms with Gasteiger partial charge in [0, 0.05) is 25.7 Å². The molecular formula is C18H29N3O3S. The van der Waals surface area contributed by atoms with Gasteiger partial charge < -0.3 is 15.4 Å². The van der Waals surface area contributed by atoms with E-state index in [1.165, 1.54) is 11.3 Å². The van der Waals surface area contributed by atoms with Crippen molar-refractivity contribution in [3.8, 4) is 0 Å². The minimum absolute atomic E-state index is 0.146. The van der Waals surface area contributed by atoms with Crippen LogP contribution in [-0.2, 0) is 9.53 Å². The van der Waals surface area contributed by atoms with Crippen molar-refractivity contribution in [1.82, 2.24) is 15.5 Å². The second kappa shape index (κ2) is 9.89. The van der Waals surface area contributed by atoms with Gasteiger partial charge in [0.15, 0.2) is 0 Å². The third kappa shape index (κ3) is 6.41. The van der Waals surface area contributed by atoms with Gasteiger partial charge in [-0.15, -0.1) is 11.3 Å². The number of carbonyl (C=O) groups is 2. The zero-order valence-corrected chi connectivity index (χ0v) is 16.1. The Bertz CT molecular complexity index is 542. The van der Waals surface area contributed by atoms with Crippen LogP contribution < -0.4 is 10.6 Å². The van der Waals surface area contributed by atoms with Gasteiger partial charge in [0.1, 0.15) is 6.04 Å². The molecule has 2 unspecified atom stereocenters. The highest BCUT2D eigenvalue weighted by molar-refractivity contribution is 7.12. The molecular weight excluding hydrogens is 338 g/mol. The van der Waals surface area contributed by atoms with E-state index in [2.05, 4.69) is 29.4 Å². The molecule has 7 heteroatoms. The fourth-order valence-corrected chi connectivity index (χ4v) is 3.59. The maximum absolute atomic E-state index is 12.4. The third-order valence-corrected chi connectivity index (χ3v) is 5.17. The van der Waals surface area contributed by atoms with Gasteiger partial charge >= 0.3 is 0 Å². The summed E-state index contributed by atoms with van der Waals surface area (Å²) >= 11 is 1.37. The van der Waals surface area contributed by atoms with Crippen molar-refractivity contribution < 1.29 is 14.3 Å². The van der Waals surface area contributed by atoms with Crippen molar-refractivity contribution >= 4 is 23.2 Å². The van der Waals surface area contributed by atoms with Gasteiger partial charge in [-0.05, 0) is 30.7 Å². The maximum atomic E-state index is 12.4. The van der Waals surface area contributed by atoms with Crippen molar-refractivity contribution in [1.29, 1.82) is 0 Å². The van der Waals surface area contributed by atoms with E-state index < -0.39 is 6.04 Å². The van der Waals surface area contributed by atoms with Gasteiger partial charge in [-0.1, -0.05) is 19.9 Å². The molecule has 1 aromatic heterocycles. The highest BCUT2D eigenvalue weighted by Gasteiger charge is 2.24. The molecule has 2 N–H and O–H groups in total. The van der Waals surface area contributed by atoms with E-state index in [1.807, 2.05) is 11.4 Å². The van der Waals surface area contributed by atoms with Gasteiger partial charge in [-0.2, -0.15) is 0 Å². The molecule has 2 atom stereocenters. The van der Waals surface area contributed by atoms with Crippen LogP contribution in [0.25, 0.3) is 0 Å². The van der Waals surface area contributed by atoms with Crippen LogP contribution in [0.1, 0.15) is 36.9 Å². The smallest absolute Gasteiger partial charge is 0.261 e. The Labute approximate surface area is 153 Å². The lowest BCUT2D eigenvalue weighted by atomic mass is 10.0. The predicted octanol–water partition coefficient (Wildman–Crippen LogP) is 1.73. The summed E-state index contributed by atoms with van der Waals surface area (Å²) in [6.07, 6.45) is 1.02. The van der Waals surface area contributed by atoms with Crippen molar-refractivity contribution in [3.63, 3.8) is 0 Å². The molecule has 0 aromatic carbocycles. The molecule has 2 heterocycles. The molecule has 2 amide bonds. The minimum atomic E-state index is -0.556. The number of hydrogen-bond donors (Lipinski definition) is 2. The Balaban J connectivity index is 1.83. The summed E-state index contributed by atoms with van der Waals surface area (Å²) in [6, 6.07) is 3.32. The molecule has 6 nitrogen and oxygen atoms in total. The van der Waals surface area contributed by atoms with Gasteiger partial charge in [0.25, 0.3) is 5.91 Å². The number of nitrogens with zero attached hydrogens (tertiary/aromatic N) is 1. The molecule has 0 saturated carbocycles. The van der Waals surface area contributed by atoms with Crippen LogP contribution in [0.4, 0.5) is 0 Å². The number of carbonyl (C=O) groups excluding carboxylic acids is 2. The van der Waals surface area contributed by atoms with Crippen molar-refractivity contribution in [3.05, 3.63) is 22.4 Å². The fraction of sp³-hybridized carbons (Fsp3) is 0.667. The van der Waals surface area contributed by atoms with Crippen LogP contribution >= 0.6 is 11.3 Å². The van der Waals surface area contributed by atoms with Crippen LogP contribution in [0.15, 0.2) is 17.5 Å². The largest absolute Gasteiger partial charge is 0.379 e. The van der Waals surface area contributed by atoms with Gasteiger partial charge in [0.05, 0.1) is 18.1 Å². The maximum Gasteiger partial charge on any atom is 0.261 e. The van der Waals surface area contributed by atoms with Gasteiger partial charge in [-0.3, -0.25) is 14.5 Å². The van der Waals surface area contributed by atoms with Crippen LogP contribution in [0, 0.1) is 5.92 Å². The van der Waals surface area contributed by atoms with Crippen molar-refractivity contribution in [2.45, 2.75) is 39.3 Å². The molecule has 0 bridgehead atoms. The Kier molecular flexibility index (Phi) is 7.87. The van der Waals surface area contributed by atoms with Gasteiger partial charge in [0.2, 0.25) is 5.91 Å². The zero-order chi connectivity index (χ0) is 18.2. The monoisotopic (exact) mass is 367 g/mol. The lowest BCUT2D eigenvalue weighted by Crippen LogP contribution is -2.52. The molecule has 1 fully saturated rings. The van der Waals surface area contributed by atoms with E-state index in [0.29, 0.717) is 23.4 Å². The lowest BCUT2D eigenvalue weighted by Gasteiger charge is -2.35. The summed E-state index contributed by atoms with van der Waals surface area (Å²) in [4.78, 5) is 27.4. The van der Waals surface area contributed by atoms with Crippen LogP contribution in [-0.4, -0.2) is 61.6 Å². The quantitative estimate of drug-likeness (QED) is 0.734. The summed E-state index contributed by atoms with van der Waals surface area (Å²) in [6.45, 7) is 9.99. The fourth-order valence-electron chi connectivity index (χ4n) is 2.96. The Morgan fingerprint density at radius 1 is 1.28 bits per heavy atom. The Morgan fingerprint density at radius 3 is 2.60 bits per heavy atom. The van der Waals surface area contributed by atoms with E-state index in [0.717, 1.165) is 32.7 Å². The van der Waals surface area contributed by atoms with Crippen LogP contribution in [0.5, 0.6) is 0 Å². The average molecular weight is 368 g/mol. The first-order chi connectivity index (χ1) is 12.0. The number of hydrogen-bond acceptors (Lipinski definition) is 5. The zero-order valence-electron chi connectivity index (χ0n) is 15.3. The number of rotatable bonds is 8. The number of amides is 2. The third-order valence-electron chi connectivity index (χ3n) is 4.30. The normalized spacial score (nSPS) is 17.9. The number of ether oxygens (including phenoxy) is 1. The highest BCUT2D eigenvalue weighted by atomic mass is 32.1. The summed E-state index contributed by atoms with van der Waals surface area (Å²) in [5.74, 6) is 0.206. The molecule has 1 aliphatic rings. The summed E-state index contributed by atoms with van der Waals surface area (Å²) < 4.78 is 5.42. The van der Waals surface area contributed by atoms with Crippen LogP contribution in [0.2, 0.25) is 0 Å². The lowest BCUT2D eigenvalue weighted by molar-refractivity contribution is -0.123. The summed E-state index contributed by atoms with van der Waals surface area (Å²) in [7, 11) is 0. The Hall–Kier alpha value is -1.44. The van der Waals surface area contributed by atoms with Crippen LogP contribution in [0.3, 0.4) is 0 Å². The molecule has 140 valence electrons. The molecule has 0 radical (unpaired) electrons. The number of nitrogens with one attached hydrogen (secondary N) is 2. The van der Waals surface area contributed by atoms with E-state index in [1.54, 1.807) is 13.0 Å². The average Bonchev–Trinajstić information content (AvgIpc) is 3.13. The SMILES string of the molecule is CC(C)CC(CNC(=O)C(C)NC(=O)c1cccs1)N1CCOCC1. The van der Waals surface area contributed by atoms with Crippen molar-refractivity contribution in [2.75, 3.05) is 32.8 Å². The van der Waals surface area contributed by atoms with Crippen molar-refractivity contribution in [2.24, 2.45) is 5.92 Å². The van der Waals surface area contributed by atoms with Gasteiger partial charge in [-0.25, -0.2) is 0 Å².